The molecule has 3 heterocycles. The average Bonchev–Trinajstić information content (AvgIpc) is 4.02. The predicted molar refractivity (Wildman–Crippen MR) is 254 cm³/mol. The van der Waals surface area contributed by atoms with Crippen molar-refractivity contribution in [2.75, 3.05) is 23.6 Å². The summed E-state index contributed by atoms with van der Waals surface area (Å²) in [7, 11) is -13.7. The number of benzene rings is 2. The summed E-state index contributed by atoms with van der Waals surface area (Å²) in [5.41, 5.74) is -5.64. The van der Waals surface area contributed by atoms with Crippen molar-refractivity contribution < 1.29 is 98.7 Å². The van der Waals surface area contributed by atoms with Crippen molar-refractivity contribution in [3.8, 4) is 11.1 Å². The Morgan fingerprint density at radius 3 is 2.18 bits per heavy atom. The molecule has 0 aliphatic heterocycles. The maximum absolute atomic E-state index is 15.6. The van der Waals surface area contributed by atoms with E-state index in [1.807, 2.05) is 0 Å². The van der Waals surface area contributed by atoms with Crippen LogP contribution in [-0.4, -0.2) is 99.2 Å². The molecule has 3 atom stereocenters. The number of aryl methyl sites for hydroxylation is 1. The van der Waals surface area contributed by atoms with Crippen molar-refractivity contribution in [3.05, 3.63) is 93.0 Å². The van der Waals surface area contributed by atoms with Gasteiger partial charge in [-0.15, -0.1) is 0 Å². The summed E-state index contributed by atoms with van der Waals surface area (Å²) >= 11 is 6.64. The topological polar surface area (TPSA) is 259 Å². The number of rotatable bonds is 21. The Bertz CT molecular complexity index is 3480. The van der Waals surface area contributed by atoms with Crippen LogP contribution in [0.25, 0.3) is 22.0 Å². The van der Waals surface area contributed by atoms with Crippen molar-refractivity contribution in [2.45, 2.75) is 107 Å². The number of nitrogens with zero attached hydrogens (tertiary/aromatic N) is 6. The molecule has 5 aromatic rings. The number of aromatic nitrogens is 5. The summed E-state index contributed by atoms with van der Waals surface area (Å²) < 4.78 is 218. The number of hydrogen-bond acceptors (Lipinski definition) is 13. The number of halogens is 11. The molecule has 2 aromatic carbocycles. The molecule has 1 saturated carbocycles. The fourth-order valence-electron chi connectivity index (χ4n) is 9.00. The third-order valence-electron chi connectivity index (χ3n) is 12.9. The molecule has 19 nitrogen and oxygen atoms in total. The van der Waals surface area contributed by atoms with Crippen molar-refractivity contribution in [2.24, 2.45) is 5.92 Å². The van der Waals surface area contributed by atoms with E-state index in [1.165, 1.54) is 26.0 Å². The molecule has 0 bridgehead atoms. The van der Waals surface area contributed by atoms with Gasteiger partial charge in [-0.25, -0.2) is 34.7 Å². The first kappa shape index (κ1) is 59.9. The molecule has 0 saturated heterocycles. The lowest BCUT2D eigenvalue weighted by Crippen LogP contribution is -2.36. The predicted octanol–water partition coefficient (Wildman–Crippen LogP) is 7.95. The van der Waals surface area contributed by atoms with Crippen LogP contribution in [0.4, 0.5) is 49.7 Å². The van der Waals surface area contributed by atoms with Gasteiger partial charge < -0.3 is 19.8 Å². The number of ether oxygens (including phenoxy) is 1. The number of esters is 1. The van der Waals surface area contributed by atoms with Crippen LogP contribution in [0.1, 0.15) is 91.8 Å². The van der Waals surface area contributed by atoms with Gasteiger partial charge >= 0.3 is 26.1 Å². The summed E-state index contributed by atoms with van der Waals surface area (Å²) in [6.07, 6.45) is -12.4. The molecule has 1 fully saturated rings. The van der Waals surface area contributed by atoms with Gasteiger partial charge in [0, 0.05) is 53.5 Å². The van der Waals surface area contributed by atoms with Crippen molar-refractivity contribution >= 4 is 73.8 Å². The molecule has 2 aliphatic carbocycles. The molecule has 1 unspecified atom stereocenters. The van der Waals surface area contributed by atoms with E-state index in [2.05, 4.69) is 29.8 Å². The zero-order valence-electron chi connectivity index (χ0n) is 40.9. The van der Waals surface area contributed by atoms with E-state index in [-0.39, 0.29) is 55.3 Å². The van der Waals surface area contributed by atoms with Crippen molar-refractivity contribution in [1.82, 2.24) is 29.9 Å². The quantitative estimate of drug-likeness (QED) is 0.0273. The molecular formula is C45H45ClF10N7O12PS2. The lowest BCUT2D eigenvalue weighted by Gasteiger charge is -2.25. The van der Waals surface area contributed by atoms with Gasteiger partial charge in [0.25, 0.3) is 5.92 Å². The van der Waals surface area contributed by atoms with Gasteiger partial charge in [-0.1, -0.05) is 23.7 Å². The number of fused-ring (bicyclic) bond motifs is 4. The number of amides is 2. The minimum absolute atomic E-state index is 0.00334. The molecule has 0 spiro atoms. The van der Waals surface area contributed by atoms with Crippen molar-refractivity contribution in [1.29, 1.82) is 0 Å². The number of nitrogens with one attached hydrogen (secondary N) is 1. The molecule has 2 amide bonds. The van der Waals surface area contributed by atoms with E-state index in [4.69, 9.17) is 21.4 Å². The molecule has 3 N–H and O–H groups in total. The second kappa shape index (κ2) is 21.4. The van der Waals surface area contributed by atoms with Gasteiger partial charge in [0.05, 0.1) is 38.7 Å². The number of sulfone groups is 1. The lowest BCUT2D eigenvalue weighted by molar-refractivity contribution is -0.151. The van der Waals surface area contributed by atoms with E-state index < -0.39 is 188 Å². The molecule has 7 rings (SSSR count). The highest BCUT2D eigenvalue weighted by Gasteiger charge is 2.68. The number of phosphoric ester groups is 1. The fourth-order valence-corrected chi connectivity index (χ4v) is 10.8. The van der Waals surface area contributed by atoms with Crippen LogP contribution < -0.4 is 9.62 Å². The molecule has 78 heavy (non-hydrogen) atoms. The number of sulfonamides is 1. The number of hydrogen-bond donors (Lipinski definition) is 3. The van der Waals surface area contributed by atoms with Crippen LogP contribution in [0, 0.1) is 17.6 Å². The molecular weight excluding hydrogens is 1150 g/mol. The molecule has 426 valence electrons. The Morgan fingerprint density at radius 1 is 0.949 bits per heavy atom. The number of carbonyl (C=O) groups is 3. The number of anilines is 1. The Balaban J connectivity index is 1.40. The minimum Gasteiger partial charge on any atom is -0.438 e. The first-order valence-electron chi connectivity index (χ1n) is 22.9. The SMILES string of the molecule is CC(C)(CCc1ccc(-c2ccc(Cl)c3c(N(C(=O)CCCC(=O)OCOP(=O)(O)O)S(C)(=O)=O)nn(CC(F)(F)F)c23)c([C@H](Cc2cc(F)cc(F)c2)NC(=O)Cn2nc(C(F)(F)F)c3c2C(F)(F)[C@@H]2CC32)n1)S(C)(=O)=O. The molecule has 2 aliphatic rings. The summed E-state index contributed by atoms with van der Waals surface area (Å²) in [6.45, 7) is -1.79. The van der Waals surface area contributed by atoms with Gasteiger partial charge in [0.15, 0.2) is 21.3 Å². The Kier molecular flexibility index (Phi) is 16.4. The molecule has 0 radical (unpaired) electrons. The number of carbonyl (C=O) groups excluding carboxylic acids is 3. The van der Waals surface area contributed by atoms with Crippen LogP contribution in [0.2, 0.25) is 5.02 Å². The minimum atomic E-state index is -5.24. The first-order valence-corrected chi connectivity index (χ1v) is 28.6. The highest BCUT2D eigenvalue weighted by molar-refractivity contribution is 7.93. The zero-order valence-corrected chi connectivity index (χ0v) is 44.2. The maximum atomic E-state index is 15.6. The number of pyridine rings is 1. The van der Waals surface area contributed by atoms with Gasteiger partial charge in [0.2, 0.25) is 28.6 Å². The average molecular weight is 1200 g/mol. The second-order valence-electron chi connectivity index (χ2n) is 19.2. The van der Waals surface area contributed by atoms with Gasteiger partial charge in [0.1, 0.15) is 30.4 Å². The number of phosphoric acid groups is 1. The van der Waals surface area contributed by atoms with Crippen LogP contribution in [0.15, 0.2) is 42.5 Å². The standard InChI is InChI=1S/C45H45ClF10N7O12PS2/c1-42(2,77(3,70)71)13-12-25-8-9-26(27-10-11-30(46)36-38(27)62(20-43(49,50)51)60-41(36)63(78(4,72)73)33(65)6-5-7-34(66)74-21-75-76(67,68)69)37(57-25)31(16-22-14-23(47)17-24(48)15-22)58-32(64)19-61-40-35(39(59-61)45(54,55)56)28-18-29(28)44(40,52)53/h8-11,14-15,17,28-29,31H,5-7,12-13,16,18-21H2,1-4H3,(H,58,64)(H2,67,68,69)/t28?,29-,31+/m1/s1. The van der Waals surface area contributed by atoms with E-state index in [9.17, 15) is 70.9 Å². The second-order valence-corrected chi connectivity index (χ2v) is 25.3. The molecule has 33 heteroatoms. The maximum Gasteiger partial charge on any atom is 0.472 e. The van der Waals surface area contributed by atoms with Crippen molar-refractivity contribution in [3.63, 3.8) is 0 Å². The Labute approximate surface area is 441 Å². The monoisotopic (exact) mass is 1200 g/mol. The smallest absolute Gasteiger partial charge is 0.438 e. The van der Waals surface area contributed by atoms with Crippen LogP contribution >= 0.6 is 19.4 Å². The summed E-state index contributed by atoms with van der Waals surface area (Å²) in [5, 5.41) is 8.56. The van der Waals surface area contributed by atoms with E-state index in [0.717, 1.165) is 30.5 Å². The molecule has 3 aromatic heterocycles. The lowest BCUT2D eigenvalue weighted by atomic mass is 9.93. The zero-order chi connectivity index (χ0) is 58.0. The summed E-state index contributed by atoms with van der Waals surface area (Å²) in [6, 6.07) is 4.89. The van der Waals surface area contributed by atoms with Gasteiger partial charge in [-0.05, 0) is 81.7 Å². The summed E-state index contributed by atoms with van der Waals surface area (Å²) in [5.74, 6) is -13.8. The Morgan fingerprint density at radius 2 is 1.59 bits per heavy atom. The first-order chi connectivity index (χ1) is 35.8. The Hall–Kier alpha value is -5.72. The summed E-state index contributed by atoms with van der Waals surface area (Å²) in [4.78, 5) is 62.5. The van der Waals surface area contributed by atoms with Crippen LogP contribution in [-0.2, 0) is 86.1 Å². The van der Waals surface area contributed by atoms with E-state index in [1.54, 1.807) is 0 Å². The van der Waals surface area contributed by atoms with Gasteiger partial charge in [-0.3, -0.25) is 28.7 Å². The third kappa shape index (κ3) is 13.3. The third-order valence-corrected chi connectivity index (χ3v) is 16.9. The van der Waals surface area contributed by atoms with E-state index in [0.29, 0.717) is 12.3 Å². The van der Waals surface area contributed by atoms with Crippen LogP contribution in [0.3, 0.4) is 0 Å². The van der Waals surface area contributed by atoms with Gasteiger partial charge in [-0.2, -0.15) is 49.6 Å². The fraction of sp³-hybridized carbons (Fsp3) is 0.467. The highest BCUT2D eigenvalue weighted by Crippen LogP contribution is 2.68. The van der Waals surface area contributed by atoms with E-state index >= 15 is 8.78 Å². The number of alkyl halides is 8. The highest BCUT2D eigenvalue weighted by atomic mass is 35.5. The normalized spacial score (nSPS) is 16.9. The largest absolute Gasteiger partial charge is 0.472 e. The van der Waals surface area contributed by atoms with Crippen LogP contribution in [0.5, 0.6) is 0 Å².